The average Bonchev–Trinajstić information content (AvgIpc) is 2.93. The third-order valence-corrected chi connectivity index (χ3v) is 7.34. The second-order valence-corrected chi connectivity index (χ2v) is 10.9. The van der Waals surface area contributed by atoms with E-state index in [-0.39, 0.29) is 18.6 Å². The van der Waals surface area contributed by atoms with Crippen LogP contribution in [-0.4, -0.2) is 42.3 Å². The van der Waals surface area contributed by atoms with E-state index in [9.17, 15) is 9.59 Å². The molecular formula is C32H39NO6. The molecule has 1 amide bonds. The van der Waals surface area contributed by atoms with Gasteiger partial charge in [0, 0.05) is 5.92 Å². The van der Waals surface area contributed by atoms with Crippen LogP contribution in [0.15, 0.2) is 72.8 Å². The minimum absolute atomic E-state index is 0.0753. The smallest absolute Gasteiger partial charge is 0.407 e. The fourth-order valence-corrected chi connectivity index (χ4v) is 5.29. The van der Waals surface area contributed by atoms with Gasteiger partial charge in [0.15, 0.2) is 11.4 Å². The highest BCUT2D eigenvalue weighted by atomic mass is 16.7. The molecule has 4 rings (SSSR count). The number of fused-ring (bicyclic) bond motifs is 1. The first-order valence-electron chi connectivity index (χ1n) is 13.6. The summed E-state index contributed by atoms with van der Waals surface area (Å²) in [6.07, 6.45) is -0.907. The maximum absolute atomic E-state index is 13.1. The lowest BCUT2D eigenvalue weighted by molar-refractivity contribution is -0.366. The van der Waals surface area contributed by atoms with Crippen molar-refractivity contribution in [2.45, 2.75) is 77.6 Å². The molecule has 0 aliphatic carbocycles. The summed E-state index contributed by atoms with van der Waals surface area (Å²) >= 11 is 0. The molecule has 1 fully saturated rings. The van der Waals surface area contributed by atoms with E-state index in [0.717, 1.165) is 16.3 Å². The molecule has 1 aliphatic rings. The number of rotatable bonds is 8. The minimum Gasteiger partial charge on any atom is -0.450 e. The number of esters is 1. The highest BCUT2D eigenvalue weighted by molar-refractivity contribution is 5.89. The van der Waals surface area contributed by atoms with Crippen molar-refractivity contribution in [3.63, 3.8) is 0 Å². The third-order valence-electron chi connectivity index (χ3n) is 7.34. The fourth-order valence-electron chi connectivity index (χ4n) is 5.29. The molecule has 1 aliphatic heterocycles. The summed E-state index contributed by atoms with van der Waals surface area (Å²) < 4.78 is 24.3. The third kappa shape index (κ3) is 6.60. The molecule has 7 nitrogen and oxygen atoms in total. The van der Waals surface area contributed by atoms with Crippen molar-refractivity contribution in [1.29, 1.82) is 0 Å². The highest BCUT2D eigenvalue weighted by Crippen LogP contribution is 2.41. The summed E-state index contributed by atoms with van der Waals surface area (Å²) in [5.74, 6) is -1.65. The van der Waals surface area contributed by atoms with Gasteiger partial charge in [0.05, 0.1) is 18.2 Å². The van der Waals surface area contributed by atoms with Crippen molar-refractivity contribution in [3.05, 3.63) is 83.9 Å². The van der Waals surface area contributed by atoms with E-state index >= 15 is 0 Å². The van der Waals surface area contributed by atoms with Crippen LogP contribution in [0.4, 0.5) is 4.79 Å². The molecule has 0 bridgehead atoms. The van der Waals surface area contributed by atoms with E-state index in [0.29, 0.717) is 12.0 Å². The Bertz CT molecular complexity index is 1290. The number of hydrogen-bond acceptors (Lipinski definition) is 6. The monoisotopic (exact) mass is 533 g/mol. The molecule has 0 aromatic heterocycles. The zero-order valence-corrected chi connectivity index (χ0v) is 23.6. The van der Waals surface area contributed by atoms with E-state index in [1.165, 1.54) is 0 Å². The zero-order valence-electron chi connectivity index (χ0n) is 23.6. The Hall–Kier alpha value is -3.42. The van der Waals surface area contributed by atoms with Crippen molar-refractivity contribution < 1.29 is 28.5 Å². The highest BCUT2D eigenvalue weighted by Gasteiger charge is 2.55. The topological polar surface area (TPSA) is 83.1 Å². The van der Waals surface area contributed by atoms with Crippen LogP contribution in [0.3, 0.4) is 0 Å². The maximum atomic E-state index is 13.1. The molecule has 5 atom stereocenters. The van der Waals surface area contributed by atoms with Crippen LogP contribution in [-0.2, 0) is 18.9 Å². The van der Waals surface area contributed by atoms with Gasteiger partial charge in [-0.25, -0.2) is 9.59 Å². The first kappa shape index (κ1) is 28.6. The predicted molar refractivity (Wildman–Crippen MR) is 150 cm³/mol. The summed E-state index contributed by atoms with van der Waals surface area (Å²) in [5, 5.41) is 5.17. The van der Waals surface area contributed by atoms with Crippen molar-refractivity contribution in [3.8, 4) is 0 Å². The summed E-state index contributed by atoms with van der Waals surface area (Å²) in [6.45, 7) is 11.4. The molecule has 3 aromatic rings. The van der Waals surface area contributed by atoms with E-state index in [1.54, 1.807) is 24.3 Å². The van der Waals surface area contributed by atoms with E-state index in [1.807, 2.05) is 77.9 Å². The Morgan fingerprint density at radius 1 is 0.923 bits per heavy atom. The lowest BCUT2D eigenvalue weighted by Crippen LogP contribution is -2.65. The van der Waals surface area contributed by atoms with Gasteiger partial charge in [-0.2, -0.15) is 0 Å². The number of hydrogen-bond donors (Lipinski definition) is 1. The molecule has 0 spiro atoms. The second kappa shape index (κ2) is 11.8. The zero-order chi connectivity index (χ0) is 28.2. The normalized spacial score (nSPS) is 23.9. The first-order valence-corrected chi connectivity index (χ1v) is 13.6. The summed E-state index contributed by atoms with van der Waals surface area (Å²) in [4.78, 5) is 25.8. The van der Waals surface area contributed by atoms with E-state index in [2.05, 4.69) is 17.4 Å². The van der Waals surface area contributed by atoms with Crippen LogP contribution >= 0.6 is 0 Å². The van der Waals surface area contributed by atoms with Gasteiger partial charge in [-0.15, -0.1) is 0 Å². The molecule has 0 saturated carbocycles. The predicted octanol–water partition coefficient (Wildman–Crippen LogP) is 6.81. The van der Waals surface area contributed by atoms with Crippen LogP contribution in [0, 0.1) is 5.92 Å². The van der Waals surface area contributed by atoms with Crippen LogP contribution in [0.2, 0.25) is 0 Å². The Labute approximate surface area is 230 Å². The number of carbonyl (C=O) groups excluding carboxylic acids is 2. The molecule has 39 heavy (non-hydrogen) atoms. The van der Waals surface area contributed by atoms with Gasteiger partial charge in [0.25, 0.3) is 0 Å². The SMILES string of the molecule is CCC1OC(C)(C)OC(C(C)COC(=O)NC(C)c2ccc3ccccc3c2)C1(C)OC(=O)c1ccccc1. The number of ether oxygens (including phenoxy) is 4. The van der Waals surface area contributed by atoms with Gasteiger partial charge in [-0.3, -0.25) is 0 Å². The van der Waals surface area contributed by atoms with Crippen LogP contribution in [0.1, 0.15) is 69.9 Å². The largest absolute Gasteiger partial charge is 0.450 e. The minimum atomic E-state index is -1.10. The lowest BCUT2D eigenvalue weighted by atomic mass is 9.82. The molecule has 3 aromatic carbocycles. The second-order valence-electron chi connectivity index (χ2n) is 10.9. The van der Waals surface area contributed by atoms with Gasteiger partial charge >= 0.3 is 12.1 Å². The number of nitrogens with one attached hydrogen (secondary N) is 1. The summed E-state index contributed by atoms with van der Waals surface area (Å²) in [6, 6.07) is 22.8. The number of alkyl carbamates (subject to hydrolysis) is 1. The Balaban J connectivity index is 1.44. The van der Waals surface area contributed by atoms with E-state index < -0.39 is 35.7 Å². The van der Waals surface area contributed by atoms with Crippen molar-refractivity contribution in [2.75, 3.05) is 6.61 Å². The van der Waals surface area contributed by atoms with Crippen LogP contribution < -0.4 is 5.32 Å². The van der Waals surface area contributed by atoms with Crippen LogP contribution in [0.5, 0.6) is 0 Å². The molecule has 208 valence electrons. The first-order chi connectivity index (χ1) is 18.5. The van der Waals surface area contributed by atoms with Crippen molar-refractivity contribution >= 4 is 22.8 Å². The summed E-state index contributed by atoms with van der Waals surface area (Å²) in [5.41, 5.74) is 0.331. The van der Waals surface area contributed by atoms with Gasteiger partial charge < -0.3 is 24.3 Å². The maximum Gasteiger partial charge on any atom is 0.407 e. The van der Waals surface area contributed by atoms with Crippen molar-refractivity contribution in [2.24, 2.45) is 5.92 Å². The molecule has 7 heteroatoms. The molecule has 1 heterocycles. The Morgan fingerprint density at radius 2 is 1.59 bits per heavy atom. The van der Waals surface area contributed by atoms with Gasteiger partial charge in [-0.1, -0.05) is 68.4 Å². The van der Waals surface area contributed by atoms with Gasteiger partial charge in [0.1, 0.15) is 12.2 Å². The fraction of sp³-hybridized carbons (Fsp3) is 0.438. The molecule has 0 radical (unpaired) electrons. The molecule has 1 N–H and O–H groups in total. The molecule has 5 unspecified atom stereocenters. The number of benzene rings is 3. The molecule has 1 saturated heterocycles. The summed E-state index contributed by atoms with van der Waals surface area (Å²) in [7, 11) is 0. The number of amides is 1. The quantitative estimate of drug-likeness (QED) is 0.320. The number of carbonyl (C=O) groups is 2. The Kier molecular flexibility index (Phi) is 8.62. The van der Waals surface area contributed by atoms with Crippen LogP contribution in [0.25, 0.3) is 10.8 Å². The Morgan fingerprint density at radius 3 is 2.28 bits per heavy atom. The van der Waals surface area contributed by atoms with Crippen molar-refractivity contribution in [1.82, 2.24) is 5.32 Å². The standard InChI is InChI=1S/C32H39NO6/c1-7-27-32(6,39-29(34)24-14-9-8-10-15-24)28(38-31(4,5)37-27)21(2)20-36-30(35)33-22(3)25-18-17-23-13-11-12-16-26(23)19-25/h8-19,21-22,27-28H,7,20H2,1-6H3,(H,33,35). The lowest BCUT2D eigenvalue weighted by Gasteiger charge is -2.52. The van der Waals surface area contributed by atoms with E-state index in [4.69, 9.17) is 18.9 Å². The molecular weight excluding hydrogens is 494 g/mol. The van der Waals surface area contributed by atoms with Gasteiger partial charge in [-0.05, 0) is 68.7 Å². The average molecular weight is 534 g/mol. The van der Waals surface area contributed by atoms with Gasteiger partial charge in [0.2, 0.25) is 0 Å².